The van der Waals surface area contributed by atoms with Gasteiger partial charge in [-0.05, 0) is 35.0 Å². The lowest BCUT2D eigenvalue weighted by molar-refractivity contribution is 0.102. The Morgan fingerprint density at radius 2 is 2.00 bits per heavy atom. The standard InChI is InChI=1S/C14H12BrF2N3O/c1-7-3-12(18-2)9(6-19-7)14(21)20-13-10(15)4-8(16)5-11(13)17/h3-6H,1-2H3,(H,18,19)(H,20,21). The maximum atomic E-state index is 13.7. The van der Waals surface area contributed by atoms with Crippen LogP contribution in [-0.2, 0) is 0 Å². The van der Waals surface area contributed by atoms with E-state index in [9.17, 15) is 13.6 Å². The van der Waals surface area contributed by atoms with Gasteiger partial charge in [-0.3, -0.25) is 9.78 Å². The van der Waals surface area contributed by atoms with Gasteiger partial charge in [0.2, 0.25) is 0 Å². The number of anilines is 2. The third-order valence-corrected chi connectivity index (χ3v) is 3.43. The molecule has 1 heterocycles. The average Bonchev–Trinajstić information content (AvgIpc) is 2.42. The van der Waals surface area contributed by atoms with E-state index in [4.69, 9.17) is 0 Å². The third kappa shape index (κ3) is 3.36. The Bertz CT molecular complexity index is 684. The molecule has 0 unspecified atom stereocenters. The van der Waals surface area contributed by atoms with Crippen molar-refractivity contribution in [2.75, 3.05) is 17.7 Å². The normalized spacial score (nSPS) is 10.3. The molecule has 0 spiro atoms. The first-order valence-corrected chi connectivity index (χ1v) is 6.82. The zero-order chi connectivity index (χ0) is 15.6. The lowest BCUT2D eigenvalue weighted by atomic mass is 10.2. The van der Waals surface area contributed by atoms with Crippen LogP contribution < -0.4 is 10.6 Å². The molecule has 0 atom stereocenters. The Balaban J connectivity index is 2.35. The van der Waals surface area contributed by atoms with Gasteiger partial charge in [0.15, 0.2) is 5.82 Å². The topological polar surface area (TPSA) is 54.0 Å². The zero-order valence-electron chi connectivity index (χ0n) is 11.3. The van der Waals surface area contributed by atoms with Crippen molar-refractivity contribution in [3.63, 3.8) is 0 Å². The van der Waals surface area contributed by atoms with Crippen molar-refractivity contribution in [2.45, 2.75) is 6.92 Å². The molecule has 7 heteroatoms. The first kappa shape index (κ1) is 15.4. The van der Waals surface area contributed by atoms with Gasteiger partial charge in [0.05, 0.1) is 16.9 Å². The summed E-state index contributed by atoms with van der Waals surface area (Å²) in [5.41, 5.74) is 1.45. The van der Waals surface area contributed by atoms with E-state index >= 15 is 0 Å². The van der Waals surface area contributed by atoms with Gasteiger partial charge in [-0.25, -0.2) is 8.78 Å². The van der Waals surface area contributed by atoms with Gasteiger partial charge in [-0.2, -0.15) is 0 Å². The average molecular weight is 356 g/mol. The van der Waals surface area contributed by atoms with Gasteiger partial charge in [-0.15, -0.1) is 0 Å². The quantitative estimate of drug-likeness (QED) is 0.881. The van der Waals surface area contributed by atoms with E-state index in [1.807, 2.05) is 0 Å². The summed E-state index contributed by atoms with van der Waals surface area (Å²) in [6.07, 6.45) is 1.39. The van der Waals surface area contributed by atoms with Crippen molar-refractivity contribution < 1.29 is 13.6 Å². The summed E-state index contributed by atoms with van der Waals surface area (Å²) in [6.45, 7) is 1.79. The number of nitrogens with one attached hydrogen (secondary N) is 2. The smallest absolute Gasteiger partial charge is 0.259 e. The van der Waals surface area contributed by atoms with Crippen LogP contribution in [0.5, 0.6) is 0 Å². The van der Waals surface area contributed by atoms with Gasteiger partial charge < -0.3 is 10.6 Å². The molecule has 1 aromatic carbocycles. The second-order valence-electron chi connectivity index (χ2n) is 4.32. The van der Waals surface area contributed by atoms with Crippen LogP contribution in [0.4, 0.5) is 20.2 Å². The van der Waals surface area contributed by atoms with Crippen molar-refractivity contribution in [1.82, 2.24) is 4.98 Å². The molecule has 0 saturated heterocycles. The van der Waals surface area contributed by atoms with E-state index in [0.717, 1.165) is 11.8 Å². The molecule has 4 nitrogen and oxygen atoms in total. The number of nitrogens with zero attached hydrogens (tertiary/aromatic N) is 1. The second kappa shape index (κ2) is 6.17. The number of hydrogen-bond donors (Lipinski definition) is 2. The highest BCUT2D eigenvalue weighted by atomic mass is 79.9. The Labute approximate surface area is 128 Å². The maximum Gasteiger partial charge on any atom is 0.259 e. The number of benzene rings is 1. The molecule has 0 bridgehead atoms. The van der Waals surface area contributed by atoms with Crippen LogP contribution in [0.15, 0.2) is 28.9 Å². The van der Waals surface area contributed by atoms with E-state index in [2.05, 4.69) is 31.5 Å². The summed E-state index contributed by atoms with van der Waals surface area (Å²) < 4.78 is 26.9. The molecule has 0 aliphatic heterocycles. The van der Waals surface area contributed by atoms with Crippen molar-refractivity contribution in [3.05, 3.63) is 51.8 Å². The number of aromatic nitrogens is 1. The molecule has 0 radical (unpaired) electrons. The first-order valence-electron chi connectivity index (χ1n) is 6.02. The van der Waals surface area contributed by atoms with Crippen LogP contribution in [0, 0.1) is 18.6 Å². The summed E-state index contributed by atoms with van der Waals surface area (Å²) >= 11 is 3.02. The lowest BCUT2D eigenvalue weighted by Crippen LogP contribution is -2.16. The zero-order valence-corrected chi connectivity index (χ0v) is 12.9. The molecule has 2 aromatic rings. The van der Waals surface area contributed by atoms with Crippen LogP contribution in [0.1, 0.15) is 16.1 Å². The lowest BCUT2D eigenvalue weighted by Gasteiger charge is -2.12. The minimum Gasteiger partial charge on any atom is -0.387 e. The number of halogens is 3. The monoisotopic (exact) mass is 355 g/mol. The van der Waals surface area contributed by atoms with E-state index in [-0.39, 0.29) is 15.7 Å². The predicted molar refractivity (Wildman–Crippen MR) is 80.5 cm³/mol. The number of hydrogen-bond acceptors (Lipinski definition) is 3. The van der Waals surface area contributed by atoms with Crippen molar-refractivity contribution in [3.8, 4) is 0 Å². The molecule has 1 aromatic heterocycles. The number of carbonyl (C=O) groups is 1. The summed E-state index contributed by atoms with van der Waals surface area (Å²) in [7, 11) is 1.67. The van der Waals surface area contributed by atoms with Gasteiger partial charge in [0.25, 0.3) is 5.91 Å². The molecule has 0 aliphatic rings. The van der Waals surface area contributed by atoms with Gasteiger partial charge >= 0.3 is 0 Å². The third-order valence-electron chi connectivity index (χ3n) is 2.80. The highest BCUT2D eigenvalue weighted by Crippen LogP contribution is 2.28. The highest BCUT2D eigenvalue weighted by Gasteiger charge is 2.16. The maximum absolute atomic E-state index is 13.7. The van der Waals surface area contributed by atoms with Crippen LogP contribution in [-0.4, -0.2) is 17.9 Å². The number of amides is 1. The van der Waals surface area contributed by atoms with Crippen molar-refractivity contribution in [1.29, 1.82) is 0 Å². The SMILES string of the molecule is CNc1cc(C)ncc1C(=O)Nc1c(F)cc(F)cc1Br. The molecule has 0 saturated carbocycles. The van der Waals surface area contributed by atoms with Crippen molar-refractivity contribution in [2.24, 2.45) is 0 Å². The van der Waals surface area contributed by atoms with Crippen LogP contribution in [0.2, 0.25) is 0 Å². The van der Waals surface area contributed by atoms with Gasteiger partial charge in [0, 0.05) is 29.5 Å². The summed E-state index contributed by atoms with van der Waals surface area (Å²) in [6, 6.07) is 3.47. The number of rotatable bonds is 3. The largest absolute Gasteiger partial charge is 0.387 e. The molecule has 2 N–H and O–H groups in total. The Kier molecular flexibility index (Phi) is 4.52. The first-order chi connectivity index (χ1) is 9.92. The molecular weight excluding hydrogens is 344 g/mol. The Morgan fingerprint density at radius 3 is 2.62 bits per heavy atom. The molecule has 2 rings (SSSR count). The number of aryl methyl sites for hydroxylation is 1. The summed E-state index contributed by atoms with van der Waals surface area (Å²) in [5, 5.41) is 5.28. The summed E-state index contributed by atoms with van der Waals surface area (Å²) in [4.78, 5) is 16.3. The molecule has 1 amide bonds. The van der Waals surface area contributed by atoms with Crippen LogP contribution in [0.25, 0.3) is 0 Å². The molecular formula is C14H12BrF2N3O. The fourth-order valence-corrected chi connectivity index (χ4v) is 2.30. The molecule has 0 aliphatic carbocycles. The fraction of sp³-hybridized carbons (Fsp3) is 0.143. The number of pyridine rings is 1. The predicted octanol–water partition coefficient (Wildman–Crippen LogP) is 3.72. The van der Waals surface area contributed by atoms with Gasteiger partial charge in [-0.1, -0.05) is 0 Å². The Hall–Kier alpha value is -2.02. The minimum absolute atomic E-state index is 0.121. The van der Waals surface area contributed by atoms with Crippen LogP contribution in [0.3, 0.4) is 0 Å². The van der Waals surface area contributed by atoms with E-state index in [1.54, 1.807) is 20.0 Å². The van der Waals surface area contributed by atoms with E-state index in [1.165, 1.54) is 6.20 Å². The minimum atomic E-state index is -0.860. The van der Waals surface area contributed by atoms with Gasteiger partial charge in [0.1, 0.15) is 5.82 Å². The summed E-state index contributed by atoms with van der Waals surface area (Å²) in [5.74, 6) is -2.13. The highest BCUT2D eigenvalue weighted by molar-refractivity contribution is 9.10. The fourth-order valence-electron chi connectivity index (χ4n) is 1.79. The second-order valence-corrected chi connectivity index (χ2v) is 5.17. The molecule has 0 fully saturated rings. The van der Waals surface area contributed by atoms with Crippen LogP contribution >= 0.6 is 15.9 Å². The number of carbonyl (C=O) groups excluding carboxylic acids is 1. The van der Waals surface area contributed by atoms with Crippen molar-refractivity contribution >= 4 is 33.2 Å². The Morgan fingerprint density at radius 1 is 1.29 bits per heavy atom. The molecule has 110 valence electrons. The van der Waals surface area contributed by atoms with E-state index < -0.39 is 17.5 Å². The molecule has 21 heavy (non-hydrogen) atoms. The van der Waals surface area contributed by atoms with E-state index in [0.29, 0.717) is 11.8 Å².